The molecule has 0 aliphatic rings. The standard InChI is InChI=1S/C19H14ClN3O4/c1-23-10-14(16(22-23)19(26)27)18(25)21-15-8-7-12(20)9-13(15)17(24)11-5-3-2-4-6-11/h2-10H,1H3,(H,21,25)(H,26,27). The number of aryl methyl sites for hydroxylation is 1. The summed E-state index contributed by atoms with van der Waals surface area (Å²) in [6.45, 7) is 0. The molecule has 136 valence electrons. The summed E-state index contributed by atoms with van der Waals surface area (Å²) in [5, 5.41) is 15.9. The van der Waals surface area contributed by atoms with Crippen LogP contribution in [0.3, 0.4) is 0 Å². The molecule has 3 aromatic rings. The van der Waals surface area contributed by atoms with Crippen LogP contribution >= 0.6 is 11.6 Å². The molecule has 0 unspecified atom stereocenters. The predicted octanol–water partition coefficient (Wildman–Crippen LogP) is 3.26. The van der Waals surface area contributed by atoms with Gasteiger partial charge in [0.25, 0.3) is 5.91 Å². The van der Waals surface area contributed by atoms with Gasteiger partial charge >= 0.3 is 5.97 Å². The minimum Gasteiger partial charge on any atom is -0.476 e. The Hall–Kier alpha value is -3.45. The molecule has 2 N–H and O–H groups in total. The Balaban J connectivity index is 1.98. The monoisotopic (exact) mass is 383 g/mol. The molecule has 0 saturated heterocycles. The van der Waals surface area contributed by atoms with Gasteiger partial charge in [0, 0.05) is 29.4 Å². The van der Waals surface area contributed by atoms with Gasteiger partial charge in [0.2, 0.25) is 0 Å². The fourth-order valence-electron chi connectivity index (χ4n) is 2.56. The Morgan fingerprint density at radius 3 is 2.44 bits per heavy atom. The van der Waals surface area contributed by atoms with E-state index in [1.165, 1.54) is 36.1 Å². The number of halogens is 1. The number of ketones is 1. The van der Waals surface area contributed by atoms with Crippen LogP contribution in [0.1, 0.15) is 36.8 Å². The Morgan fingerprint density at radius 2 is 1.78 bits per heavy atom. The zero-order chi connectivity index (χ0) is 19.6. The first-order valence-electron chi connectivity index (χ1n) is 7.84. The van der Waals surface area contributed by atoms with Gasteiger partial charge < -0.3 is 10.4 Å². The van der Waals surface area contributed by atoms with E-state index in [4.69, 9.17) is 11.6 Å². The fourth-order valence-corrected chi connectivity index (χ4v) is 2.73. The second kappa shape index (κ2) is 7.43. The molecular formula is C19H14ClN3O4. The summed E-state index contributed by atoms with van der Waals surface area (Å²) in [5.41, 5.74) is 0.363. The second-order valence-corrected chi connectivity index (χ2v) is 6.15. The minimum atomic E-state index is -1.32. The molecule has 8 heteroatoms. The predicted molar refractivity (Wildman–Crippen MR) is 99.4 cm³/mol. The number of nitrogens with one attached hydrogen (secondary N) is 1. The molecule has 27 heavy (non-hydrogen) atoms. The molecule has 0 fully saturated rings. The Labute approximate surface area is 159 Å². The van der Waals surface area contributed by atoms with E-state index in [9.17, 15) is 19.5 Å². The number of carboxylic acid groups (broad SMARTS) is 1. The lowest BCUT2D eigenvalue weighted by Crippen LogP contribution is -2.17. The molecule has 0 atom stereocenters. The van der Waals surface area contributed by atoms with Crippen LogP contribution in [0.15, 0.2) is 54.7 Å². The summed E-state index contributed by atoms with van der Waals surface area (Å²) >= 11 is 6.02. The zero-order valence-electron chi connectivity index (χ0n) is 14.1. The van der Waals surface area contributed by atoms with Crippen molar-refractivity contribution in [1.29, 1.82) is 0 Å². The van der Waals surface area contributed by atoms with Crippen molar-refractivity contribution in [1.82, 2.24) is 9.78 Å². The van der Waals surface area contributed by atoms with Crippen molar-refractivity contribution in [2.75, 3.05) is 5.32 Å². The van der Waals surface area contributed by atoms with E-state index in [0.717, 1.165) is 0 Å². The first kappa shape index (κ1) is 18.3. The van der Waals surface area contributed by atoms with Crippen LogP contribution < -0.4 is 5.32 Å². The van der Waals surface area contributed by atoms with E-state index in [1.54, 1.807) is 30.3 Å². The van der Waals surface area contributed by atoms with Crippen molar-refractivity contribution in [2.45, 2.75) is 0 Å². The Bertz CT molecular complexity index is 1040. The van der Waals surface area contributed by atoms with Crippen LogP contribution in [-0.4, -0.2) is 32.5 Å². The van der Waals surface area contributed by atoms with Crippen LogP contribution in [0.2, 0.25) is 5.02 Å². The van der Waals surface area contributed by atoms with Crippen molar-refractivity contribution in [3.8, 4) is 0 Å². The zero-order valence-corrected chi connectivity index (χ0v) is 14.9. The first-order valence-corrected chi connectivity index (χ1v) is 8.22. The lowest BCUT2D eigenvalue weighted by molar-refractivity contribution is 0.0685. The van der Waals surface area contributed by atoms with E-state index < -0.39 is 11.9 Å². The molecule has 0 radical (unpaired) electrons. The molecule has 0 spiro atoms. The highest BCUT2D eigenvalue weighted by atomic mass is 35.5. The second-order valence-electron chi connectivity index (χ2n) is 5.71. The number of hydrogen-bond donors (Lipinski definition) is 2. The lowest BCUT2D eigenvalue weighted by atomic mass is 10.0. The van der Waals surface area contributed by atoms with Crippen LogP contribution in [0, 0.1) is 0 Å². The third-order valence-corrected chi connectivity index (χ3v) is 4.02. The van der Waals surface area contributed by atoms with Gasteiger partial charge in [-0.25, -0.2) is 4.79 Å². The van der Waals surface area contributed by atoms with E-state index in [-0.39, 0.29) is 28.3 Å². The molecule has 7 nitrogen and oxygen atoms in total. The van der Waals surface area contributed by atoms with E-state index in [1.807, 2.05) is 0 Å². The molecule has 0 aliphatic heterocycles. The van der Waals surface area contributed by atoms with Crippen molar-refractivity contribution in [3.63, 3.8) is 0 Å². The van der Waals surface area contributed by atoms with Gasteiger partial charge in [-0.3, -0.25) is 14.3 Å². The van der Waals surface area contributed by atoms with Crippen molar-refractivity contribution >= 4 is 34.9 Å². The van der Waals surface area contributed by atoms with Gasteiger partial charge in [0.05, 0.1) is 11.3 Å². The third-order valence-electron chi connectivity index (χ3n) is 3.79. The maximum atomic E-state index is 12.8. The third kappa shape index (κ3) is 3.88. The maximum Gasteiger partial charge on any atom is 0.357 e. The number of rotatable bonds is 5. The molecule has 1 aromatic heterocycles. The van der Waals surface area contributed by atoms with Gasteiger partial charge in [-0.1, -0.05) is 41.9 Å². The normalized spacial score (nSPS) is 10.4. The van der Waals surface area contributed by atoms with Crippen molar-refractivity contribution in [3.05, 3.63) is 82.1 Å². The number of anilines is 1. The highest BCUT2D eigenvalue weighted by Gasteiger charge is 2.23. The molecule has 1 amide bonds. The highest BCUT2D eigenvalue weighted by Crippen LogP contribution is 2.24. The maximum absolute atomic E-state index is 12.8. The number of aromatic carboxylic acids is 1. The number of aromatic nitrogens is 2. The van der Waals surface area contributed by atoms with Gasteiger partial charge in [-0.2, -0.15) is 5.10 Å². The van der Waals surface area contributed by atoms with E-state index >= 15 is 0 Å². The Morgan fingerprint density at radius 1 is 1.07 bits per heavy atom. The van der Waals surface area contributed by atoms with Gasteiger partial charge in [-0.15, -0.1) is 0 Å². The molecular weight excluding hydrogens is 370 g/mol. The molecule has 0 bridgehead atoms. The summed E-state index contributed by atoms with van der Waals surface area (Å²) in [6, 6.07) is 13.0. The molecule has 2 aromatic carbocycles. The molecule has 0 saturated carbocycles. The van der Waals surface area contributed by atoms with E-state index in [0.29, 0.717) is 10.6 Å². The smallest absolute Gasteiger partial charge is 0.357 e. The summed E-state index contributed by atoms with van der Waals surface area (Å²) in [5.74, 6) is -2.33. The number of nitrogens with zero attached hydrogens (tertiary/aromatic N) is 2. The van der Waals surface area contributed by atoms with Crippen molar-refractivity contribution < 1.29 is 19.5 Å². The molecule has 0 aliphatic carbocycles. The minimum absolute atomic E-state index is 0.113. The van der Waals surface area contributed by atoms with Crippen LogP contribution in [0.4, 0.5) is 5.69 Å². The molecule has 1 heterocycles. The number of carboxylic acids is 1. The topological polar surface area (TPSA) is 101 Å². The van der Waals surface area contributed by atoms with Gasteiger partial charge in [-0.05, 0) is 18.2 Å². The summed E-state index contributed by atoms with van der Waals surface area (Å²) in [4.78, 5) is 36.6. The number of amides is 1. The molecule has 3 rings (SSSR count). The quantitative estimate of drug-likeness (QED) is 0.658. The van der Waals surface area contributed by atoms with Crippen LogP contribution in [0.25, 0.3) is 0 Å². The average molecular weight is 384 g/mol. The van der Waals surface area contributed by atoms with Crippen molar-refractivity contribution in [2.24, 2.45) is 7.05 Å². The van der Waals surface area contributed by atoms with Crippen LogP contribution in [0.5, 0.6) is 0 Å². The largest absolute Gasteiger partial charge is 0.476 e. The van der Waals surface area contributed by atoms with Gasteiger partial charge in [0.15, 0.2) is 11.5 Å². The summed E-state index contributed by atoms with van der Waals surface area (Å²) in [6.07, 6.45) is 1.30. The van der Waals surface area contributed by atoms with E-state index in [2.05, 4.69) is 10.4 Å². The lowest BCUT2D eigenvalue weighted by Gasteiger charge is -2.11. The summed E-state index contributed by atoms with van der Waals surface area (Å²) < 4.78 is 1.23. The highest BCUT2D eigenvalue weighted by molar-refractivity contribution is 6.31. The van der Waals surface area contributed by atoms with Gasteiger partial charge in [0.1, 0.15) is 0 Å². The average Bonchev–Trinajstić information content (AvgIpc) is 3.05. The fraction of sp³-hybridized carbons (Fsp3) is 0.0526. The number of carbonyl (C=O) groups is 3. The number of benzene rings is 2. The Kier molecular flexibility index (Phi) is 5.05. The number of hydrogen-bond acceptors (Lipinski definition) is 4. The first-order chi connectivity index (χ1) is 12.9. The SMILES string of the molecule is Cn1cc(C(=O)Nc2ccc(Cl)cc2C(=O)c2ccccc2)c(C(=O)O)n1. The summed E-state index contributed by atoms with van der Waals surface area (Å²) in [7, 11) is 1.51. The number of carbonyl (C=O) groups excluding carboxylic acids is 2. The van der Waals surface area contributed by atoms with Crippen LogP contribution in [-0.2, 0) is 7.05 Å².